The molecule has 0 saturated heterocycles. The molecule has 2 N–H and O–H groups in total. The fraction of sp³-hybridized carbons (Fsp3) is 0.882. The third-order valence-electron chi connectivity index (χ3n) is 5.70. The van der Waals surface area contributed by atoms with Gasteiger partial charge in [-0.2, -0.15) is 0 Å². The van der Waals surface area contributed by atoms with Crippen molar-refractivity contribution in [1.29, 1.82) is 0 Å². The van der Waals surface area contributed by atoms with Crippen molar-refractivity contribution in [2.45, 2.75) is 70.5 Å². The molecule has 124 valence electrons. The molecule has 0 aromatic rings. The second-order valence-corrected chi connectivity index (χ2v) is 7.89. The molecule has 5 heteroatoms. The summed E-state index contributed by atoms with van der Waals surface area (Å²) < 4.78 is 5.30. The number of amides is 1. The van der Waals surface area contributed by atoms with Crippen LogP contribution in [0, 0.1) is 17.3 Å². The highest BCUT2D eigenvalue weighted by Gasteiger charge is 2.57. The molecule has 1 amide bonds. The SMILES string of the molecule is CCNC(=O)[C@@H](C)OC(=O)CC12C[C@@H]3C[C@@H](CC(O)(C3)C1)C2. The van der Waals surface area contributed by atoms with E-state index in [-0.39, 0.29) is 17.3 Å². The smallest absolute Gasteiger partial charge is 0.307 e. The van der Waals surface area contributed by atoms with Crippen LogP contribution < -0.4 is 5.32 Å². The van der Waals surface area contributed by atoms with Crippen LogP contribution in [0.4, 0.5) is 0 Å². The van der Waals surface area contributed by atoms with E-state index in [0.29, 0.717) is 24.8 Å². The number of hydrogen-bond donors (Lipinski definition) is 2. The molecule has 5 nitrogen and oxygen atoms in total. The van der Waals surface area contributed by atoms with E-state index in [1.165, 1.54) is 6.42 Å². The minimum absolute atomic E-state index is 0.100. The van der Waals surface area contributed by atoms with E-state index >= 15 is 0 Å². The maximum atomic E-state index is 12.3. The lowest BCUT2D eigenvalue weighted by Gasteiger charge is -2.60. The second-order valence-electron chi connectivity index (χ2n) is 7.89. The first-order valence-corrected chi connectivity index (χ1v) is 8.53. The molecule has 0 aromatic carbocycles. The number of likely N-dealkylation sites (N-methyl/N-ethyl adjacent to an activating group) is 1. The highest BCUT2D eigenvalue weighted by atomic mass is 16.5. The summed E-state index contributed by atoms with van der Waals surface area (Å²) in [7, 11) is 0. The zero-order valence-corrected chi connectivity index (χ0v) is 13.6. The predicted molar refractivity (Wildman–Crippen MR) is 80.9 cm³/mol. The lowest BCUT2D eigenvalue weighted by atomic mass is 9.47. The third kappa shape index (κ3) is 3.00. The first kappa shape index (κ1) is 15.8. The monoisotopic (exact) mass is 309 g/mol. The summed E-state index contributed by atoms with van der Waals surface area (Å²) in [5.74, 6) is 0.559. The van der Waals surface area contributed by atoms with E-state index in [1.807, 2.05) is 6.92 Å². The van der Waals surface area contributed by atoms with Crippen molar-refractivity contribution >= 4 is 11.9 Å². The average Bonchev–Trinajstić information content (AvgIpc) is 2.34. The zero-order chi connectivity index (χ0) is 16.0. The Kier molecular flexibility index (Phi) is 3.96. The molecule has 0 aromatic heterocycles. The van der Waals surface area contributed by atoms with Gasteiger partial charge in [0, 0.05) is 6.54 Å². The highest BCUT2D eigenvalue weighted by molar-refractivity contribution is 5.83. The normalized spacial score (nSPS) is 40.3. The van der Waals surface area contributed by atoms with E-state index in [1.54, 1.807) is 6.92 Å². The Labute approximate surface area is 131 Å². The molecule has 5 atom stereocenters. The molecule has 22 heavy (non-hydrogen) atoms. The number of ether oxygens (including phenoxy) is 1. The number of esters is 1. The quantitative estimate of drug-likeness (QED) is 0.759. The number of nitrogens with one attached hydrogen (secondary N) is 1. The first-order chi connectivity index (χ1) is 10.3. The number of aliphatic hydroxyl groups is 1. The van der Waals surface area contributed by atoms with Gasteiger partial charge < -0.3 is 15.2 Å². The lowest BCUT2D eigenvalue weighted by molar-refractivity contribution is -0.180. The molecule has 4 aliphatic rings. The van der Waals surface area contributed by atoms with Gasteiger partial charge in [-0.05, 0) is 69.6 Å². The van der Waals surface area contributed by atoms with Crippen molar-refractivity contribution in [3.05, 3.63) is 0 Å². The van der Waals surface area contributed by atoms with E-state index in [2.05, 4.69) is 5.32 Å². The third-order valence-corrected chi connectivity index (χ3v) is 5.70. The maximum absolute atomic E-state index is 12.3. The number of carbonyl (C=O) groups excluding carboxylic acids is 2. The number of rotatable bonds is 5. The Morgan fingerprint density at radius 3 is 2.45 bits per heavy atom. The molecular weight excluding hydrogens is 282 g/mol. The largest absolute Gasteiger partial charge is 0.453 e. The van der Waals surface area contributed by atoms with E-state index in [4.69, 9.17) is 4.74 Å². The minimum Gasteiger partial charge on any atom is -0.453 e. The van der Waals surface area contributed by atoms with Gasteiger partial charge in [0.25, 0.3) is 5.91 Å². The standard InChI is InChI=1S/C17H27NO4/c1-3-18-15(20)11(2)22-14(19)9-16-5-12-4-13(6-16)8-17(21,7-12)10-16/h11-13,21H,3-10H2,1-2H3,(H,18,20)/t11-,12-,13+,16?,17?/m1/s1. The van der Waals surface area contributed by atoms with Crippen molar-refractivity contribution in [3.8, 4) is 0 Å². The van der Waals surface area contributed by atoms with Gasteiger partial charge in [0.2, 0.25) is 0 Å². The average molecular weight is 309 g/mol. The van der Waals surface area contributed by atoms with Crippen LogP contribution in [0.25, 0.3) is 0 Å². The van der Waals surface area contributed by atoms with Crippen LogP contribution in [0.15, 0.2) is 0 Å². The molecule has 4 saturated carbocycles. The molecule has 4 aliphatic carbocycles. The van der Waals surface area contributed by atoms with Crippen LogP contribution in [0.1, 0.15) is 58.8 Å². The molecule has 0 spiro atoms. The molecule has 0 heterocycles. The van der Waals surface area contributed by atoms with Crippen molar-refractivity contribution in [2.75, 3.05) is 6.54 Å². The zero-order valence-electron chi connectivity index (χ0n) is 13.6. The summed E-state index contributed by atoms with van der Waals surface area (Å²) in [6.07, 6.45) is 5.36. The molecule has 2 unspecified atom stereocenters. The summed E-state index contributed by atoms with van der Waals surface area (Å²) in [5, 5.41) is 13.4. The van der Waals surface area contributed by atoms with Gasteiger partial charge in [0.05, 0.1) is 12.0 Å². The van der Waals surface area contributed by atoms with Gasteiger partial charge in [0.1, 0.15) is 0 Å². The fourth-order valence-electron chi connectivity index (χ4n) is 5.53. The van der Waals surface area contributed by atoms with Gasteiger partial charge >= 0.3 is 5.97 Å². The van der Waals surface area contributed by atoms with Crippen molar-refractivity contribution < 1.29 is 19.4 Å². The maximum Gasteiger partial charge on any atom is 0.307 e. The molecule has 4 bridgehead atoms. The summed E-state index contributed by atoms with van der Waals surface area (Å²) in [4.78, 5) is 23.9. The van der Waals surface area contributed by atoms with Gasteiger partial charge in [-0.25, -0.2) is 0 Å². The Bertz CT molecular complexity index is 461. The lowest BCUT2D eigenvalue weighted by Crippen LogP contribution is -2.56. The molecule has 4 rings (SSSR count). The fourth-order valence-corrected chi connectivity index (χ4v) is 5.53. The molecule has 0 radical (unpaired) electrons. The second kappa shape index (κ2) is 5.52. The van der Waals surface area contributed by atoms with Crippen molar-refractivity contribution in [2.24, 2.45) is 17.3 Å². The molecular formula is C17H27NO4. The van der Waals surface area contributed by atoms with Crippen LogP contribution in [0.5, 0.6) is 0 Å². The van der Waals surface area contributed by atoms with Crippen LogP contribution in [-0.2, 0) is 14.3 Å². The highest BCUT2D eigenvalue weighted by Crippen LogP contribution is 2.62. The summed E-state index contributed by atoms with van der Waals surface area (Å²) in [6.45, 7) is 3.97. The van der Waals surface area contributed by atoms with E-state index in [0.717, 1.165) is 32.1 Å². The Balaban J connectivity index is 1.61. The van der Waals surface area contributed by atoms with Crippen LogP contribution >= 0.6 is 0 Å². The van der Waals surface area contributed by atoms with E-state index < -0.39 is 11.7 Å². The first-order valence-electron chi connectivity index (χ1n) is 8.53. The van der Waals surface area contributed by atoms with Crippen LogP contribution in [0.3, 0.4) is 0 Å². The molecule has 4 fully saturated rings. The topological polar surface area (TPSA) is 75.6 Å². The molecule has 0 aliphatic heterocycles. The van der Waals surface area contributed by atoms with Crippen LogP contribution in [0.2, 0.25) is 0 Å². The summed E-state index contributed by atoms with van der Waals surface area (Å²) in [5.41, 5.74) is -0.660. The van der Waals surface area contributed by atoms with Gasteiger partial charge in [0.15, 0.2) is 6.10 Å². The van der Waals surface area contributed by atoms with E-state index in [9.17, 15) is 14.7 Å². The number of carbonyl (C=O) groups is 2. The van der Waals surface area contributed by atoms with Gasteiger partial charge in [-0.15, -0.1) is 0 Å². The predicted octanol–water partition coefficient (Wildman–Crippen LogP) is 1.78. The van der Waals surface area contributed by atoms with Crippen molar-refractivity contribution in [3.63, 3.8) is 0 Å². The van der Waals surface area contributed by atoms with Gasteiger partial charge in [-0.3, -0.25) is 9.59 Å². The number of hydrogen-bond acceptors (Lipinski definition) is 4. The Morgan fingerprint density at radius 1 is 1.27 bits per heavy atom. The van der Waals surface area contributed by atoms with Crippen LogP contribution in [-0.4, -0.2) is 35.2 Å². The summed E-state index contributed by atoms with van der Waals surface area (Å²) in [6, 6.07) is 0. The van der Waals surface area contributed by atoms with Gasteiger partial charge in [-0.1, -0.05) is 0 Å². The minimum atomic E-state index is -0.746. The summed E-state index contributed by atoms with van der Waals surface area (Å²) >= 11 is 0. The Hall–Kier alpha value is -1.10. The Morgan fingerprint density at radius 2 is 1.91 bits per heavy atom. The van der Waals surface area contributed by atoms with Crippen molar-refractivity contribution in [1.82, 2.24) is 5.32 Å².